The molecule has 2 aliphatic heterocycles. The molecule has 1 saturated heterocycles. The highest BCUT2D eigenvalue weighted by atomic mass is 32.1. The van der Waals surface area contributed by atoms with Crippen LogP contribution in [0, 0.1) is 0 Å². The van der Waals surface area contributed by atoms with E-state index in [0.29, 0.717) is 16.8 Å². The van der Waals surface area contributed by atoms with Crippen LogP contribution >= 0.6 is 11.3 Å². The molecule has 0 atom stereocenters. The molecule has 0 unspecified atom stereocenters. The Balaban J connectivity index is 1.49. The van der Waals surface area contributed by atoms with Crippen LogP contribution in [0.5, 0.6) is 0 Å². The van der Waals surface area contributed by atoms with Gasteiger partial charge in [-0.25, -0.2) is 9.88 Å². The van der Waals surface area contributed by atoms with Crippen molar-refractivity contribution in [2.45, 2.75) is 0 Å². The molecule has 136 valence electrons. The largest absolute Gasteiger partial charge is 0.345 e. The topological polar surface area (TPSA) is 56.8 Å². The number of hydrogen-bond donors (Lipinski definition) is 0. The Morgan fingerprint density at radius 1 is 0.926 bits per heavy atom. The Labute approximate surface area is 160 Å². The Kier molecular flexibility index (Phi) is 3.73. The summed E-state index contributed by atoms with van der Waals surface area (Å²) in [4.78, 5) is 36.0. The quantitative estimate of drug-likeness (QED) is 0.642. The van der Waals surface area contributed by atoms with Crippen LogP contribution in [-0.4, -0.2) is 54.9 Å². The molecule has 2 aliphatic rings. The molecule has 27 heavy (non-hydrogen) atoms. The number of nitrogens with zero attached hydrogens (tertiary/aromatic N) is 4. The lowest BCUT2D eigenvalue weighted by molar-refractivity contribution is 0.0926. The molecule has 6 nitrogen and oxygen atoms in total. The zero-order chi connectivity index (χ0) is 18.5. The normalized spacial score (nSPS) is 17.8. The summed E-state index contributed by atoms with van der Waals surface area (Å²) in [5, 5.41) is 0.998. The van der Waals surface area contributed by atoms with Crippen molar-refractivity contribution in [1.82, 2.24) is 9.88 Å². The molecule has 0 saturated carbocycles. The van der Waals surface area contributed by atoms with E-state index in [-0.39, 0.29) is 11.8 Å². The zero-order valence-corrected chi connectivity index (χ0v) is 15.7. The number of fused-ring (bicyclic) bond motifs is 2. The second-order valence-electron chi connectivity index (χ2n) is 6.93. The number of hydrogen-bond acceptors (Lipinski definition) is 6. The van der Waals surface area contributed by atoms with Crippen molar-refractivity contribution in [3.63, 3.8) is 0 Å². The van der Waals surface area contributed by atoms with Crippen LogP contribution in [0.3, 0.4) is 0 Å². The molecule has 5 rings (SSSR count). The summed E-state index contributed by atoms with van der Waals surface area (Å²) in [6.07, 6.45) is 0. The smallest absolute Gasteiger partial charge is 0.266 e. The number of imide groups is 1. The lowest BCUT2D eigenvalue weighted by Crippen LogP contribution is -2.44. The Hall–Kier alpha value is -2.77. The van der Waals surface area contributed by atoms with Crippen molar-refractivity contribution in [3.05, 3.63) is 53.6 Å². The van der Waals surface area contributed by atoms with Crippen LogP contribution in [0.25, 0.3) is 10.2 Å². The molecule has 0 radical (unpaired) electrons. The Bertz CT molecular complexity index is 1030. The lowest BCUT2D eigenvalue weighted by atomic mass is 10.1. The zero-order valence-electron chi connectivity index (χ0n) is 14.9. The monoisotopic (exact) mass is 378 g/mol. The summed E-state index contributed by atoms with van der Waals surface area (Å²) in [5.74, 6) is -0.530. The molecule has 0 aliphatic carbocycles. The minimum atomic E-state index is -0.265. The molecular formula is C20H18N4O2S. The van der Waals surface area contributed by atoms with Crippen LogP contribution in [0.1, 0.15) is 20.7 Å². The van der Waals surface area contributed by atoms with Crippen molar-refractivity contribution >= 4 is 44.2 Å². The first-order chi connectivity index (χ1) is 13.1. The number of anilines is 2. The molecule has 0 spiro atoms. The molecule has 3 heterocycles. The lowest BCUT2D eigenvalue weighted by Gasteiger charge is -2.32. The fourth-order valence-corrected chi connectivity index (χ4v) is 4.65. The summed E-state index contributed by atoms with van der Waals surface area (Å²) in [6.45, 7) is 3.97. The molecule has 0 N–H and O–H groups in total. The maximum atomic E-state index is 12.7. The Morgan fingerprint density at radius 2 is 1.59 bits per heavy atom. The number of carbonyl (C=O) groups is 2. The van der Waals surface area contributed by atoms with Crippen molar-refractivity contribution in [3.8, 4) is 0 Å². The number of amides is 2. The third kappa shape index (κ3) is 2.62. The van der Waals surface area contributed by atoms with Crippen LogP contribution in [0.4, 0.5) is 10.8 Å². The average molecular weight is 378 g/mol. The fraction of sp³-hybridized carbons (Fsp3) is 0.250. The maximum Gasteiger partial charge on any atom is 0.266 e. The first-order valence-corrected chi connectivity index (χ1v) is 9.75. The molecule has 1 fully saturated rings. The van der Waals surface area contributed by atoms with E-state index >= 15 is 0 Å². The highest BCUT2D eigenvalue weighted by molar-refractivity contribution is 7.22. The molecule has 1 aromatic heterocycles. The summed E-state index contributed by atoms with van der Waals surface area (Å²) in [7, 11) is 2.13. The number of rotatable bonds is 2. The first kappa shape index (κ1) is 16.4. The number of likely N-dealkylation sites (N-methyl/N-ethyl adjacent to an activating group) is 1. The van der Waals surface area contributed by atoms with E-state index in [9.17, 15) is 9.59 Å². The van der Waals surface area contributed by atoms with Gasteiger partial charge in [0.05, 0.1) is 27.0 Å². The summed E-state index contributed by atoms with van der Waals surface area (Å²) >= 11 is 1.61. The molecule has 3 aromatic rings. The van der Waals surface area contributed by atoms with Gasteiger partial charge in [-0.1, -0.05) is 23.5 Å². The highest BCUT2D eigenvalue weighted by Gasteiger charge is 2.36. The number of carbonyl (C=O) groups excluding carboxylic acids is 2. The van der Waals surface area contributed by atoms with Gasteiger partial charge < -0.3 is 9.80 Å². The van der Waals surface area contributed by atoms with Crippen LogP contribution in [0.2, 0.25) is 0 Å². The fourth-order valence-electron chi connectivity index (χ4n) is 3.60. The molecule has 2 aromatic carbocycles. The van der Waals surface area contributed by atoms with E-state index in [1.807, 2.05) is 12.1 Å². The van der Waals surface area contributed by atoms with Gasteiger partial charge in [0.1, 0.15) is 0 Å². The van der Waals surface area contributed by atoms with E-state index in [1.165, 1.54) is 4.90 Å². The van der Waals surface area contributed by atoms with Crippen molar-refractivity contribution < 1.29 is 9.59 Å². The maximum absolute atomic E-state index is 12.7. The molecule has 0 bridgehead atoms. The second kappa shape index (κ2) is 6.14. The predicted octanol–water partition coefficient (Wildman–Crippen LogP) is 2.85. The van der Waals surface area contributed by atoms with Crippen LogP contribution < -0.4 is 9.80 Å². The van der Waals surface area contributed by atoms with Gasteiger partial charge in [-0.2, -0.15) is 0 Å². The minimum absolute atomic E-state index is 0.265. The van der Waals surface area contributed by atoms with Crippen molar-refractivity contribution in [1.29, 1.82) is 0 Å². The number of benzene rings is 2. The first-order valence-electron chi connectivity index (χ1n) is 8.94. The molecule has 7 heteroatoms. The van der Waals surface area contributed by atoms with Crippen LogP contribution in [-0.2, 0) is 0 Å². The molecule has 2 amide bonds. The van der Waals surface area contributed by atoms with Crippen LogP contribution in [0.15, 0.2) is 42.5 Å². The van der Waals surface area contributed by atoms with Gasteiger partial charge in [0.25, 0.3) is 11.8 Å². The van der Waals surface area contributed by atoms with E-state index < -0.39 is 0 Å². The summed E-state index contributed by atoms with van der Waals surface area (Å²) in [5.41, 5.74) is 2.42. The minimum Gasteiger partial charge on any atom is -0.345 e. The van der Waals surface area contributed by atoms with Crippen molar-refractivity contribution in [2.24, 2.45) is 0 Å². The van der Waals surface area contributed by atoms with Crippen molar-refractivity contribution in [2.75, 3.05) is 43.0 Å². The third-order valence-corrected chi connectivity index (χ3v) is 6.27. The van der Waals surface area contributed by atoms with E-state index in [1.54, 1.807) is 41.7 Å². The molecular weight excluding hydrogens is 360 g/mol. The van der Waals surface area contributed by atoms with Gasteiger partial charge in [-0.3, -0.25) is 9.59 Å². The van der Waals surface area contributed by atoms with Gasteiger partial charge in [0.15, 0.2) is 5.13 Å². The predicted molar refractivity (Wildman–Crippen MR) is 107 cm³/mol. The van der Waals surface area contributed by atoms with Gasteiger partial charge in [0.2, 0.25) is 0 Å². The highest BCUT2D eigenvalue weighted by Crippen LogP contribution is 2.34. The summed E-state index contributed by atoms with van der Waals surface area (Å²) in [6, 6.07) is 12.6. The van der Waals surface area contributed by atoms with E-state index in [4.69, 9.17) is 4.98 Å². The standard InChI is InChI=1S/C20H18N4O2S/c1-22-8-10-23(11-9-22)20-21-16-7-6-13(12-17(16)27-20)24-18(25)14-4-2-3-5-15(14)19(24)26/h2-7,12H,8-11H2,1H3. The van der Waals surface area contributed by atoms with Gasteiger partial charge in [0, 0.05) is 26.2 Å². The van der Waals surface area contributed by atoms with Gasteiger partial charge in [-0.05, 0) is 37.4 Å². The Morgan fingerprint density at radius 3 is 2.26 bits per heavy atom. The second-order valence-corrected chi connectivity index (χ2v) is 7.94. The number of aromatic nitrogens is 1. The van der Waals surface area contributed by atoms with Gasteiger partial charge in [-0.15, -0.1) is 0 Å². The average Bonchev–Trinajstić information content (AvgIpc) is 3.22. The van der Waals surface area contributed by atoms with Gasteiger partial charge >= 0.3 is 0 Å². The number of piperazine rings is 1. The third-order valence-electron chi connectivity index (χ3n) is 5.19. The summed E-state index contributed by atoms with van der Waals surface area (Å²) < 4.78 is 0.984. The van der Waals surface area contributed by atoms with E-state index in [0.717, 1.165) is 41.5 Å². The number of thiazole rings is 1. The van der Waals surface area contributed by atoms with E-state index in [2.05, 4.69) is 16.8 Å². The SMILES string of the molecule is CN1CCN(c2nc3ccc(N4C(=O)c5ccccc5C4=O)cc3s2)CC1.